The molecule has 1 amide bonds. The van der Waals surface area contributed by atoms with E-state index in [1.165, 1.54) is 7.11 Å². The van der Waals surface area contributed by atoms with Gasteiger partial charge in [0.2, 0.25) is 0 Å². The first-order valence-electron chi connectivity index (χ1n) is 11.4. The molecule has 4 rings (SSSR count). The SMILES string of the molecule is CON(C)C(=O)c1ccccc1-c1c(C=Cc2ccccc2)c(C)cn(Cc2ccccc2)c1=O. The van der Waals surface area contributed by atoms with Crippen LogP contribution in [-0.2, 0) is 11.4 Å². The first-order chi connectivity index (χ1) is 17.0. The van der Waals surface area contributed by atoms with E-state index in [9.17, 15) is 9.59 Å². The van der Waals surface area contributed by atoms with Crippen LogP contribution in [0.25, 0.3) is 23.3 Å². The van der Waals surface area contributed by atoms with Crippen molar-refractivity contribution in [2.24, 2.45) is 0 Å². The third-order valence-electron chi connectivity index (χ3n) is 5.94. The van der Waals surface area contributed by atoms with Gasteiger partial charge in [-0.2, -0.15) is 0 Å². The molecule has 0 atom stereocenters. The van der Waals surface area contributed by atoms with Gasteiger partial charge in [-0.1, -0.05) is 91.0 Å². The van der Waals surface area contributed by atoms with Crippen molar-refractivity contribution >= 4 is 18.1 Å². The number of carbonyl (C=O) groups is 1. The summed E-state index contributed by atoms with van der Waals surface area (Å²) in [6.07, 6.45) is 5.82. The van der Waals surface area contributed by atoms with Gasteiger partial charge in [-0.15, -0.1) is 0 Å². The van der Waals surface area contributed by atoms with Gasteiger partial charge < -0.3 is 4.57 Å². The number of hydrogen-bond donors (Lipinski definition) is 0. The second kappa shape index (κ2) is 10.8. The second-order valence-electron chi connectivity index (χ2n) is 8.29. The monoisotopic (exact) mass is 464 g/mol. The van der Waals surface area contributed by atoms with Gasteiger partial charge in [0.1, 0.15) is 0 Å². The van der Waals surface area contributed by atoms with Gasteiger partial charge in [0, 0.05) is 24.4 Å². The molecule has 0 saturated heterocycles. The number of hydroxylamine groups is 2. The molecule has 176 valence electrons. The maximum atomic E-state index is 13.9. The van der Waals surface area contributed by atoms with Crippen LogP contribution in [0.3, 0.4) is 0 Å². The molecule has 35 heavy (non-hydrogen) atoms. The highest BCUT2D eigenvalue weighted by Crippen LogP contribution is 2.29. The first-order valence-corrected chi connectivity index (χ1v) is 11.4. The molecule has 0 aliphatic carbocycles. The number of carbonyl (C=O) groups excluding carboxylic acids is 1. The van der Waals surface area contributed by atoms with Crippen molar-refractivity contribution in [2.75, 3.05) is 14.2 Å². The highest BCUT2D eigenvalue weighted by atomic mass is 16.7. The maximum Gasteiger partial charge on any atom is 0.277 e. The normalized spacial score (nSPS) is 11.1. The summed E-state index contributed by atoms with van der Waals surface area (Å²) in [7, 11) is 2.99. The summed E-state index contributed by atoms with van der Waals surface area (Å²) in [6, 6.07) is 27.0. The van der Waals surface area contributed by atoms with Crippen molar-refractivity contribution in [1.82, 2.24) is 9.63 Å². The summed E-state index contributed by atoms with van der Waals surface area (Å²) in [5.41, 5.74) is 5.07. The molecule has 3 aromatic carbocycles. The van der Waals surface area contributed by atoms with E-state index in [-0.39, 0.29) is 11.5 Å². The van der Waals surface area contributed by atoms with E-state index in [2.05, 4.69) is 0 Å². The van der Waals surface area contributed by atoms with Crippen molar-refractivity contribution in [3.63, 3.8) is 0 Å². The average molecular weight is 465 g/mol. The predicted molar refractivity (Wildman–Crippen MR) is 141 cm³/mol. The Morgan fingerprint density at radius 1 is 0.914 bits per heavy atom. The molecule has 1 heterocycles. The van der Waals surface area contributed by atoms with E-state index >= 15 is 0 Å². The van der Waals surface area contributed by atoms with Gasteiger partial charge in [-0.25, -0.2) is 5.06 Å². The van der Waals surface area contributed by atoms with Crippen LogP contribution in [0.4, 0.5) is 0 Å². The number of benzene rings is 3. The van der Waals surface area contributed by atoms with Crippen molar-refractivity contribution in [3.05, 3.63) is 129 Å². The average Bonchev–Trinajstić information content (AvgIpc) is 2.90. The van der Waals surface area contributed by atoms with Crippen molar-refractivity contribution < 1.29 is 9.63 Å². The van der Waals surface area contributed by atoms with E-state index in [0.29, 0.717) is 23.2 Å². The number of hydrogen-bond acceptors (Lipinski definition) is 3. The molecule has 1 aromatic heterocycles. The minimum atomic E-state index is -0.323. The summed E-state index contributed by atoms with van der Waals surface area (Å²) in [5.74, 6) is -0.323. The highest BCUT2D eigenvalue weighted by molar-refractivity contribution is 6.01. The number of aromatic nitrogens is 1. The van der Waals surface area contributed by atoms with Crippen LogP contribution < -0.4 is 5.56 Å². The first kappa shape index (κ1) is 23.9. The minimum absolute atomic E-state index is 0.160. The molecule has 0 aliphatic heterocycles. The van der Waals surface area contributed by atoms with E-state index < -0.39 is 0 Å². The Hall–Kier alpha value is -4.22. The molecule has 0 bridgehead atoms. The number of amides is 1. The van der Waals surface area contributed by atoms with Gasteiger partial charge in [-0.3, -0.25) is 14.4 Å². The second-order valence-corrected chi connectivity index (χ2v) is 8.29. The largest absolute Gasteiger partial charge is 0.310 e. The lowest BCUT2D eigenvalue weighted by Gasteiger charge is -2.19. The lowest BCUT2D eigenvalue weighted by molar-refractivity contribution is -0.0756. The van der Waals surface area contributed by atoms with Crippen LogP contribution in [0, 0.1) is 6.92 Å². The topological polar surface area (TPSA) is 51.5 Å². The fourth-order valence-corrected chi connectivity index (χ4v) is 4.07. The molecule has 0 radical (unpaired) electrons. The number of pyridine rings is 1. The molecule has 0 unspecified atom stereocenters. The Balaban J connectivity index is 1.94. The zero-order valence-electron chi connectivity index (χ0n) is 20.1. The smallest absolute Gasteiger partial charge is 0.277 e. The van der Waals surface area contributed by atoms with Crippen molar-refractivity contribution in [2.45, 2.75) is 13.5 Å². The van der Waals surface area contributed by atoms with Crippen LogP contribution in [0.15, 0.2) is 95.9 Å². The maximum absolute atomic E-state index is 13.9. The molecular formula is C30H28N2O3. The molecule has 0 aliphatic rings. The Labute approximate surface area is 205 Å². The van der Waals surface area contributed by atoms with Crippen LogP contribution in [0.5, 0.6) is 0 Å². The zero-order valence-corrected chi connectivity index (χ0v) is 20.1. The third kappa shape index (κ3) is 5.31. The number of rotatable bonds is 7. The summed E-state index contributed by atoms with van der Waals surface area (Å²) in [4.78, 5) is 32.2. The number of nitrogens with zero attached hydrogens (tertiary/aromatic N) is 2. The van der Waals surface area contributed by atoms with E-state index in [1.807, 2.05) is 98.1 Å². The van der Waals surface area contributed by atoms with Crippen molar-refractivity contribution in [3.8, 4) is 11.1 Å². The van der Waals surface area contributed by atoms with Crippen LogP contribution >= 0.6 is 0 Å². The van der Waals surface area contributed by atoms with E-state index in [0.717, 1.165) is 27.3 Å². The molecule has 5 nitrogen and oxygen atoms in total. The predicted octanol–water partition coefficient (Wildman–Crippen LogP) is 5.68. The molecule has 0 N–H and O–H groups in total. The Morgan fingerprint density at radius 3 is 2.23 bits per heavy atom. The Kier molecular flexibility index (Phi) is 7.38. The van der Waals surface area contributed by atoms with Gasteiger partial charge in [0.15, 0.2) is 0 Å². The Morgan fingerprint density at radius 2 is 1.54 bits per heavy atom. The fraction of sp³-hybridized carbons (Fsp3) is 0.133. The Bertz CT molecular complexity index is 1410. The minimum Gasteiger partial charge on any atom is -0.310 e. The molecule has 4 aromatic rings. The molecule has 0 fully saturated rings. The molecular weight excluding hydrogens is 436 g/mol. The lowest BCUT2D eigenvalue weighted by atomic mass is 9.93. The summed E-state index contributed by atoms with van der Waals surface area (Å²) < 4.78 is 1.71. The zero-order chi connectivity index (χ0) is 24.8. The van der Waals surface area contributed by atoms with Gasteiger partial charge >= 0.3 is 0 Å². The van der Waals surface area contributed by atoms with Crippen LogP contribution in [0.2, 0.25) is 0 Å². The fourth-order valence-electron chi connectivity index (χ4n) is 4.07. The van der Waals surface area contributed by atoms with Crippen LogP contribution in [-0.4, -0.2) is 29.7 Å². The van der Waals surface area contributed by atoms with Gasteiger partial charge in [0.05, 0.1) is 19.2 Å². The molecule has 0 spiro atoms. The lowest BCUT2D eigenvalue weighted by Crippen LogP contribution is -2.28. The molecule has 0 saturated carbocycles. The van der Waals surface area contributed by atoms with Crippen LogP contribution in [0.1, 0.15) is 32.6 Å². The third-order valence-corrected chi connectivity index (χ3v) is 5.94. The van der Waals surface area contributed by atoms with Gasteiger partial charge in [0.25, 0.3) is 11.5 Å². The van der Waals surface area contributed by atoms with E-state index in [1.54, 1.807) is 23.7 Å². The quantitative estimate of drug-likeness (QED) is 0.331. The molecule has 5 heteroatoms. The summed E-state index contributed by atoms with van der Waals surface area (Å²) in [5, 5.41) is 1.16. The van der Waals surface area contributed by atoms with Crippen molar-refractivity contribution in [1.29, 1.82) is 0 Å². The summed E-state index contributed by atoms with van der Waals surface area (Å²) >= 11 is 0. The van der Waals surface area contributed by atoms with Gasteiger partial charge in [-0.05, 0) is 35.2 Å². The van der Waals surface area contributed by atoms with E-state index in [4.69, 9.17) is 4.84 Å². The standard InChI is InChI=1S/C30H28N2O3/c1-22-20-32(21-24-14-8-5-9-15-24)30(34)28(25(22)19-18-23-12-6-4-7-13-23)26-16-10-11-17-27(26)29(33)31(2)35-3/h4-20H,21H2,1-3H3. The summed E-state index contributed by atoms with van der Waals surface area (Å²) in [6.45, 7) is 2.42. The number of aryl methyl sites for hydroxylation is 1. The highest BCUT2D eigenvalue weighted by Gasteiger charge is 2.22.